The van der Waals surface area contributed by atoms with Gasteiger partial charge in [0.25, 0.3) is 0 Å². The van der Waals surface area contributed by atoms with Crippen LogP contribution < -0.4 is 10.5 Å². The Bertz CT molecular complexity index is 591. The highest BCUT2D eigenvalue weighted by Gasteiger charge is 2.34. The summed E-state index contributed by atoms with van der Waals surface area (Å²) in [5, 5.41) is 0. The number of hydrogen-bond acceptors (Lipinski definition) is 4. The molecule has 0 radical (unpaired) electrons. The van der Waals surface area contributed by atoms with Gasteiger partial charge >= 0.3 is 0 Å². The Morgan fingerprint density at radius 2 is 2.05 bits per heavy atom. The molecule has 1 aromatic heterocycles. The third kappa shape index (κ3) is 2.06. The summed E-state index contributed by atoms with van der Waals surface area (Å²) in [6, 6.07) is 6.31. The van der Waals surface area contributed by atoms with Crippen LogP contribution in [-0.2, 0) is 5.41 Å². The molecule has 4 heteroatoms. The highest BCUT2D eigenvalue weighted by molar-refractivity contribution is 5.75. The van der Waals surface area contributed by atoms with Crippen molar-refractivity contribution in [1.82, 2.24) is 9.97 Å². The summed E-state index contributed by atoms with van der Waals surface area (Å²) >= 11 is 0. The number of rotatable bonds is 3. The molecule has 2 aromatic rings. The van der Waals surface area contributed by atoms with Gasteiger partial charge in [-0.05, 0) is 30.5 Å². The lowest BCUT2D eigenvalue weighted by molar-refractivity contribution is 0.397. The first-order valence-electron chi connectivity index (χ1n) is 6.79. The average molecular weight is 257 g/mol. The molecule has 0 amide bonds. The quantitative estimate of drug-likeness (QED) is 0.917. The summed E-state index contributed by atoms with van der Waals surface area (Å²) in [6.07, 6.45) is 6.56. The predicted molar refractivity (Wildman–Crippen MR) is 75.3 cm³/mol. The molecule has 19 heavy (non-hydrogen) atoms. The van der Waals surface area contributed by atoms with E-state index in [1.165, 1.54) is 31.2 Å². The molecule has 100 valence electrons. The second-order valence-corrected chi connectivity index (χ2v) is 5.31. The van der Waals surface area contributed by atoms with Gasteiger partial charge in [0.05, 0.1) is 24.3 Å². The Morgan fingerprint density at radius 1 is 1.26 bits per heavy atom. The molecule has 4 nitrogen and oxygen atoms in total. The van der Waals surface area contributed by atoms with E-state index in [2.05, 4.69) is 22.1 Å². The van der Waals surface area contributed by atoms with Crippen molar-refractivity contribution in [2.24, 2.45) is 5.73 Å². The molecule has 1 aliphatic rings. The van der Waals surface area contributed by atoms with Crippen molar-refractivity contribution in [3.8, 4) is 5.88 Å². The van der Waals surface area contributed by atoms with Gasteiger partial charge in [0, 0.05) is 12.0 Å². The van der Waals surface area contributed by atoms with Crippen LogP contribution in [-0.4, -0.2) is 23.6 Å². The topological polar surface area (TPSA) is 61.0 Å². The molecule has 0 atom stereocenters. The molecule has 0 aliphatic heterocycles. The molecule has 3 rings (SSSR count). The van der Waals surface area contributed by atoms with Crippen LogP contribution in [0, 0.1) is 0 Å². The van der Waals surface area contributed by atoms with E-state index in [1.54, 1.807) is 13.3 Å². The highest BCUT2D eigenvalue weighted by atomic mass is 16.5. The van der Waals surface area contributed by atoms with Gasteiger partial charge < -0.3 is 10.5 Å². The Morgan fingerprint density at radius 3 is 2.74 bits per heavy atom. The summed E-state index contributed by atoms with van der Waals surface area (Å²) < 4.78 is 5.10. The SMILES string of the molecule is COc1cnc2cc(C3(CN)CCCC3)ccc2n1. The number of fused-ring (bicyclic) bond motifs is 1. The Hall–Kier alpha value is -1.68. The van der Waals surface area contributed by atoms with Crippen LogP contribution in [0.15, 0.2) is 24.4 Å². The number of hydrogen-bond donors (Lipinski definition) is 1. The zero-order valence-corrected chi connectivity index (χ0v) is 11.2. The van der Waals surface area contributed by atoms with E-state index in [1.807, 2.05) is 6.07 Å². The minimum atomic E-state index is 0.149. The minimum absolute atomic E-state index is 0.149. The molecule has 0 saturated heterocycles. The first kappa shape index (κ1) is 12.4. The van der Waals surface area contributed by atoms with Crippen molar-refractivity contribution in [3.05, 3.63) is 30.0 Å². The first-order chi connectivity index (χ1) is 9.27. The molecule has 0 unspecified atom stereocenters. The fourth-order valence-corrected chi connectivity index (χ4v) is 3.08. The zero-order chi connectivity index (χ0) is 13.3. The van der Waals surface area contributed by atoms with Crippen molar-refractivity contribution < 1.29 is 4.74 Å². The Labute approximate surface area is 113 Å². The van der Waals surface area contributed by atoms with Gasteiger partial charge in [-0.3, -0.25) is 0 Å². The standard InChI is InChI=1S/C15H19N3O/c1-19-14-9-17-13-8-11(4-5-12(13)18-14)15(10-16)6-2-3-7-15/h4-5,8-9H,2-3,6-7,10,16H2,1H3. The van der Waals surface area contributed by atoms with E-state index in [9.17, 15) is 0 Å². The fourth-order valence-electron chi connectivity index (χ4n) is 3.08. The highest BCUT2D eigenvalue weighted by Crippen LogP contribution is 2.40. The van der Waals surface area contributed by atoms with Crippen LogP contribution in [0.4, 0.5) is 0 Å². The number of aromatic nitrogens is 2. The van der Waals surface area contributed by atoms with E-state index < -0.39 is 0 Å². The molecule has 1 aromatic carbocycles. The number of nitrogens with two attached hydrogens (primary N) is 1. The van der Waals surface area contributed by atoms with Crippen molar-refractivity contribution in [3.63, 3.8) is 0 Å². The summed E-state index contributed by atoms with van der Waals surface area (Å²) in [4.78, 5) is 8.82. The summed E-state index contributed by atoms with van der Waals surface area (Å²) in [5.74, 6) is 0.551. The molecular formula is C15H19N3O. The van der Waals surface area contributed by atoms with Crippen LogP contribution in [0.25, 0.3) is 11.0 Å². The van der Waals surface area contributed by atoms with E-state index in [-0.39, 0.29) is 5.41 Å². The fraction of sp³-hybridized carbons (Fsp3) is 0.467. The maximum absolute atomic E-state index is 6.03. The molecule has 1 aliphatic carbocycles. The predicted octanol–water partition coefficient (Wildman–Crippen LogP) is 2.41. The van der Waals surface area contributed by atoms with Crippen LogP contribution >= 0.6 is 0 Å². The largest absolute Gasteiger partial charge is 0.480 e. The summed E-state index contributed by atoms with van der Waals surface area (Å²) in [6.45, 7) is 0.710. The molecule has 1 fully saturated rings. The van der Waals surface area contributed by atoms with Gasteiger partial charge in [-0.1, -0.05) is 18.9 Å². The lowest BCUT2D eigenvalue weighted by Gasteiger charge is -2.27. The Balaban J connectivity index is 2.06. The number of benzene rings is 1. The first-order valence-corrected chi connectivity index (χ1v) is 6.79. The third-order valence-electron chi connectivity index (χ3n) is 4.29. The van der Waals surface area contributed by atoms with Gasteiger partial charge in [-0.25, -0.2) is 9.97 Å². The summed E-state index contributed by atoms with van der Waals surface area (Å²) in [7, 11) is 1.60. The van der Waals surface area contributed by atoms with Crippen LogP contribution in [0.1, 0.15) is 31.2 Å². The molecule has 0 spiro atoms. The monoisotopic (exact) mass is 257 g/mol. The van der Waals surface area contributed by atoms with E-state index in [0.717, 1.165) is 11.0 Å². The van der Waals surface area contributed by atoms with E-state index in [0.29, 0.717) is 12.4 Å². The normalized spacial score (nSPS) is 17.8. The van der Waals surface area contributed by atoms with Crippen molar-refractivity contribution in [1.29, 1.82) is 0 Å². The molecular weight excluding hydrogens is 238 g/mol. The molecule has 1 heterocycles. The third-order valence-corrected chi connectivity index (χ3v) is 4.29. The number of methoxy groups -OCH3 is 1. The maximum atomic E-state index is 6.03. The zero-order valence-electron chi connectivity index (χ0n) is 11.2. The lowest BCUT2D eigenvalue weighted by atomic mass is 9.79. The van der Waals surface area contributed by atoms with E-state index >= 15 is 0 Å². The minimum Gasteiger partial charge on any atom is -0.480 e. The van der Waals surface area contributed by atoms with E-state index in [4.69, 9.17) is 10.5 Å². The summed E-state index contributed by atoms with van der Waals surface area (Å²) in [5.41, 5.74) is 9.27. The van der Waals surface area contributed by atoms with Gasteiger partial charge in [-0.2, -0.15) is 0 Å². The van der Waals surface area contributed by atoms with Crippen molar-refractivity contribution >= 4 is 11.0 Å². The van der Waals surface area contributed by atoms with Gasteiger partial charge in [0.2, 0.25) is 5.88 Å². The molecule has 1 saturated carbocycles. The van der Waals surface area contributed by atoms with Gasteiger partial charge in [0.1, 0.15) is 0 Å². The molecule has 0 bridgehead atoms. The van der Waals surface area contributed by atoms with Gasteiger partial charge in [0.15, 0.2) is 0 Å². The smallest absolute Gasteiger partial charge is 0.232 e. The Kier molecular flexibility index (Phi) is 3.11. The average Bonchev–Trinajstić information content (AvgIpc) is 2.96. The maximum Gasteiger partial charge on any atom is 0.232 e. The second-order valence-electron chi connectivity index (χ2n) is 5.31. The van der Waals surface area contributed by atoms with Crippen molar-refractivity contribution in [2.75, 3.05) is 13.7 Å². The van der Waals surface area contributed by atoms with Crippen LogP contribution in [0.2, 0.25) is 0 Å². The van der Waals surface area contributed by atoms with Gasteiger partial charge in [-0.15, -0.1) is 0 Å². The lowest BCUT2D eigenvalue weighted by Crippen LogP contribution is -2.31. The number of ether oxygens (including phenoxy) is 1. The van der Waals surface area contributed by atoms with Crippen molar-refractivity contribution in [2.45, 2.75) is 31.1 Å². The molecule has 2 N–H and O–H groups in total. The van der Waals surface area contributed by atoms with Crippen LogP contribution in [0.5, 0.6) is 5.88 Å². The number of nitrogens with zero attached hydrogens (tertiary/aromatic N) is 2. The second kappa shape index (κ2) is 4.78. The van der Waals surface area contributed by atoms with Crippen LogP contribution in [0.3, 0.4) is 0 Å².